The summed E-state index contributed by atoms with van der Waals surface area (Å²) in [6.07, 6.45) is 14.0. The Morgan fingerprint density at radius 3 is 2.95 bits per heavy atom. The number of nitrogens with two attached hydrogens (primary N) is 1. The fraction of sp³-hybridized carbons (Fsp3) is 0.344. The lowest BCUT2D eigenvalue weighted by Crippen LogP contribution is -2.18. The monoisotopic (exact) mass is 553 g/mol. The Hall–Kier alpha value is -4.41. The number of rotatable bonds is 13. The van der Waals surface area contributed by atoms with Crippen LogP contribution >= 0.6 is 0 Å². The van der Waals surface area contributed by atoms with Gasteiger partial charge in [0.25, 0.3) is 0 Å². The molecule has 2 heterocycles. The first-order valence-corrected chi connectivity index (χ1v) is 13.8. The number of aliphatic hydroxyl groups is 1. The largest absolute Gasteiger partial charge is 0.486 e. The van der Waals surface area contributed by atoms with Crippen molar-refractivity contribution in [3.05, 3.63) is 65.9 Å². The van der Waals surface area contributed by atoms with Gasteiger partial charge in [-0.1, -0.05) is 30.9 Å². The topological polar surface area (TPSA) is 143 Å². The maximum atomic E-state index is 12.9. The number of aliphatic hydroxyl groups excluding tert-OH is 1. The van der Waals surface area contributed by atoms with Crippen LogP contribution in [0.5, 0.6) is 5.75 Å². The van der Waals surface area contributed by atoms with Gasteiger partial charge in [-0.2, -0.15) is 5.26 Å². The second-order valence-electron chi connectivity index (χ2n) is 9.90. The zero-order chi connectivity index (χ0) is 29.0. The van der Waals surface area contributed by atoms with Gasteiger partial charge in [0, 0.05) is 35.3 Å². The maximum Gasteiger partial charge on any atom is 0.248 e. The van der Waals surface area contributed by atoms with Gasteiger partial charge in [0.05, 0.1) is 41.8 Å². The second kappa shape index (κ2) is 14.8. The minimum absolute atomic E-state index is 0.157. The van der Waals surface area contributed by atoms with Gasteiger partial charge in [-0.3, -0.25) is 9.78 Å². The Bertz CT molecular complexity index is 1470. The van der Waals surface area contributed by atoms with Gasteiger partial charge >= 0.3 is 0 Å². The highest BCUT2D eigenvalue weighted by molar-refractivity contribution is 6.04. The molecule has 0 spiro atoms. The Balaban J connectivity index is 1.61. The zero-order valence-corrected chi connectivity index (χ0v) is 22.9. The number of anilines is 3. The number of carbonyl (C=O) groups excluding carboxylic acids is 1. The van der Waals surface area contributed by atoms with Crippen molar-refractivity contribution in [1.82, 2.24) is 4.98 Å². The summed E-state index contributed by atoms with van der Waals surface area (Å²) in [6, 6.07) is 13.0. The summed E-state index contributed by atoms with van der Waals surface area (Å²) in [5.74, 6) is 2.70. The van der Waals surface area contributed by atoms with Crippen molar-refractivity contribution >= 4 is 33.9 Å². The van der Waals surface area contributed by atoms with Crippen LogP contribution in [-0.4, -0.2) is 48.0 Å². The number of nitriles is 1. The Labute approximate surface area is 240 Å². The van der Waals surface area contributed by atoms with Crippen LogP contribution in [0.2, 0.25) is 0 Å². The summed E-state index contributed by atoms with van der Waals surface area (Å²) in [4.78, 5) is 17.4. The summed E-state index contributed by atoms with van der Waals surface area (Å²) >= 11 is 0. The molecule has 1 aliphatic heterocycles. The number of aromatic nitrogens is 1. The molecule has 212 valence electrons. The van der Waals surface area contributed by atoms with Gasteiger partial charge in [0.1, 0.15) is 17.9 Å². The first-order chi connectivity index (χ1) is 20.0. The number of pyridine rings is 1. The molecule has 1 unspecified atom stereocenters. The van der Waals surface area contributed by atoms with Crippen molar-refractivity contribution in [1.29, 1.82) is 5.26 Å². The van der Waals surface area contributed by atoms with Gasteiger partial charge in [-0.15, -0.1) is 6.42 Å². The molecule has 41 heavy (non-hydrogen) atoms. The first kappa shape index (κ1) is 29.6. The molecule has 9 nitrogen and oxygen atoms in total. The predicted octanol–water partition coefficient (Wildman–Crippen LogP) is 4.76. The number of fused-ring (bicyclic) bond motifs is 1. The Morgan fingerprint density at radius 2 is 2.20 bits per heavy atom. The molecule has 1 fully saturated rings. The van der Waals surface area contributed by atoms with E-state index in [-0.39, 0.29) is 12.0 Å². The highest BCUT2D eigenvalue weighted by Gasteiger charge is 2.21. The minimum Gasteiger partial charge on any atom is -0.486 e. The molecular formula is C32H35N5O4. The summed E-state index contributed by atoms with van der Waals surface area (Å²) < 4.78 is 11.7. The lowest BCUT2D eigenvalue weighted by atomic mass is 10.1. The average molecular weight is 554 g/mol. The van der Waals surface area contributed by atoms with E-state index >= 15 is 0 Å². The number of unbranched alkanes of at least 4 members (excludes halogenated alkanes) is 2. The van der Waals surface area contributed by atoms with E-state index < -0.39 is 6.10 Å². The van der Waals surface area contributed by atoms with Crippen LogP contribution in [0.25, 0.3) is 10.9 Å². The van der Waals surface area contributed by atoms with E-state index in [1.807, 2.05) is 24.3 Å². The first-order valence-electron chi connectivity index (χ1n) is 13.8. The van der Waals surface area contributed by atoms with Crippen LogP contribution in [0, 0.1) is 23.7 Å². The van der Waals surface area contributed by atoms with Crippen molar-refractivity contribution in [3.8, 4) is 24.2 Å². The van der Waals surface area contributed by atoms with Crippen LogP contribution in [0.4, 0.5) is 17.1 Å². The summed E-state index contributed by atoms with van der Waals surface area (Å²) in [5.41, 5.74) is 8.80. The van der Waals surface area contributed by atoms with Crippen molar-refractivity contribution < 1.29 is 19.4 Å². The zero-order valence-electron chi connectivity index (χ0n) is 22.9. The number of nitrogens with one attached hydrogen (secondary N) is 2. The summed E-state index contributed by atoms with van der Waals surface area (Å²) in [5, 5.41) is 26.9. The molecule has 5 N–H and O–H groups in total. The van der Waals surface area contributed by atoms with E-state index in [9.17, 15) is 15.2 Å². The van der Waals surface area contributed by atoms with E-state index in [0.717, 1.165) is 25.7 Å². The van der Waals surface area contributed by atoms with Crippen LogP contribution in [0.1, 0.15) is 49.7 Å². The highest BCUT2D eigenvalue weighted by atomic mass is 16.5. The number of ether oxygens (including phenoxy) is 2. The quantitative estimate of drug-likeness (QED) is 0.135. The molecule has 3 aromatic rings. The molecular weight excluding hydrogens is 518 g/mol. The number of carbonyl (C=O) groups is 1. The number of terminal acetylenes is 1. The van der Waals surface area contributed by atoms with E-state index in [1.54, 1.807) is 18.2 Å². The third kappa shape index (κ3) is 8.29. The lowest BCUT2D eigenvalue weighted by Gasteiger charge is -2.18. The Kier molecular flexibility index (Phi) is 10.7. The van der Waals surface area contributed by atoms with E-state index in [4.69, 9.17) is 21.6 Å². The molecule has 0 radical (unpaired) electrons. The van der Waals surface area contributed by atoms with Crippen molar-refractivity contribution in [2.75, 3.05) is 30.4 Å². The van der Waals surface area contributed by atoms with Crippen molar-refractivity contribution in [2.45, 2.75) is 50.7 Å². The number of hydrogen-bond acceptors (Lipinski definition) is 8. The molecule has 1 saturated heterocycles. The molecule has 4 rings (SSSR count). The third-order valence-electron chi connectivity index (χ3n) is 6.75. The molecule has 0 saturated carbocycles. The van der Waals surface area contributed by atoms with Crippen LogP contribution in [-0.2, 0) is 9.53 Å². The smallest absolute Gasteiger partial charge is 0.248 e. The fourth-order valence-electron chi connectivity index (χ4n) is 4.58. The van der Waals surface area contributed by atoms with E-state index in [0.29, 0.717) is 77.4 Å². The molecule has 2 atom stereocenters. The van der Waals surface area contributed by atoms with Crippen LogP contribution < -0.4 is 21.1 Å². The third-order valence-corrected chi connectivity index (χ3v) is 6.75. The standard InChI is InChI=1S/C32H35N5O4/c1-2-22-8-6-9-24(16-22)36-32-23(19-34)20-35-28-18-30(41-26-13-15-40-21-26)29(17-27(28)32)37-31(39)12-7-11-25(38)10-4-3-5-14-33/h1,6-9,12,16-18,20,25-26,38H,3-5,10-11,13-15,21,33H2,(H,35,36)(H,37,39)/b12-7+/t25?,26-/m0/s1. The van der Waals surface area contributed by atoms with E-state index in [2.05, 4.69) is 27.6 Å². The van der Waals surface area contributed by atoms with Crippen molar-refractivity contribution in [2.24, 2.45) is 5.73 Å². The number of nitrogens with zero attached hydrogens (tertiary/aromatic N) is 2. The second-order valence-corrected chi connectivity index (χ2v) is 9.90. The van der Waals surface area contributed by atoms with Gasteiger partial charge < -0.3 is 30.9 Å². The maximum absolute atomic E-state index is 12.9. The van der Waals surface area contributed by atoms with Gasteiger partial charge in [-0.05, 0) is 56.1 Å². The van der Waals surface area contributed by atoms with Crippen LogP contribution in [0.15, 0.2) is 54.7 Å². The van der Waals surface area contributed by atoms with Gasteiger partial charge in [0.2, 0.25) is 5.91 Å². The molecule has 0 aliphatic carbocycles. The lowest BCUT2D eigenvalue weighted by molar-refractivity contribution is -0.111. The fourth-order valence-corrected chi connectivity index (χ4v) is 4.58. The molecule has 0 bridgehead atoms. The molecule has 2 aromatic carbocycles. The number of hydrogen-bond donors (Lipinski definition) is 4. The van der Waals surface area contributed by atoms with Crippen LogP contribution in [0.3, 0.4) is 0 Å². The minimum atomic E-state index is -0.518. The molecule has 1 aromatic heterocycles. The van der Waals surface area contributed by atoms with Crippen molar-refractivity contribution in [3.63, 3.8) is 0 Å². The normalized spacial score (nSPS) is 15.4. The molecule has 1 amide bonds. The van der Waals surface area contributed by atoms with Gasteiger partial charge in [-0.25, -0.2) is 0 Å². The average Bonchev–Trinajstić information content (AvgIpc) is 3.49. The van der Waals surface area contributed by atoms with Gasteiger partial charge in [0.15, 0.2) is 0 Å². The summed E-state index contributed by atoms with van der Waals surface area (Å²) in [7, 11) is 0. The molecule has 1 aliphatic rings. The molecule has 9 heteroatoms. The SMILES string of the molecule is C#Cc1cccc(Nc2c(C#N)cnc3cc(O[C@H]4CCOC4)c(NC(=O)/C=C/CC(O)CCCCCN)cc23)c1. The number of benzene rings is 2. The summed E-state index contributed by atoms with van der Waals surface area (Å²) in [6.45, 7) is 1.70. The number of amides is 1. The highest BCUT2D eigenvalue weighted by Crippen LogP contribution is 2.37. The van der Waals surface area contributed by atoms with E-state index in [1.165, 1.54) is 12.3 Å². The predicted molar refractivity (Wildman–Crippen MR) is 160 cm³/mol. The Morgan fingerprint density at radius 1 is 1.32 bits per heavy atom.